The van der Waals surface area contributed by atoms with E-state index in [-0.39, 0.29) is 5.91 Å². The first kappa shape index (κ1) is 14.5. The lowest BCUT2D eigenvalue weighted by molar-refractivity contribution is 0.0764. The van der Waals surface area contributed by atoms with Gasteiger partial charge in [0.15, 0.2) is 0 Å². The molecule has 1 aliphatic rings. The summed E-state index contributed by atoms with van der Waals surface area (Å²) < 4.78 is 0.988. The average molecular weight is 326 g/mol. The highest BCUT2D eigenvalue weighted by Gasteiger charge is 2.20. The number of halogens is 1. The Morgan fingerprint density at radius 1 is 1.47 bits per heavy atom. The van der Waals surface area contributed by atoms with Crippen LogP contribution in [0.15, 0.2) is 28.7 Å². The van der Waals surface area contributed by atoms with Crippen LogP contribution in [-0.4, -0.2) is 62.0 Å². The Hall–Kier alpha value is -0.910. The molecule has 0 radical (unpaired) electrons. The molecule has 1 heterocycles. The molecule has 0 spiro atoms. The number of nitrogens with zero attached hydrogens (tertiary/aromatic N) is 2. The van der Waals surface area contributed by atoms with Crippen LogP contribution in [0.25, 0.3) is 0 Å². The fraction of sp³-hybridized carbons (Fsp3) is 0.500. The van der Waals surface area contributed by atoms with Crippen molar-refractivity contribution in [3.05, 3.63) is 34.3 Å². The molecule has 0 aliphatic carbocycles. The molecule has 104 valence electrons. The van der Waals surface area contributed by atoms with Crippen molar-refractivity contribution in [3.63, 3.8) is 0 Å². The fourth-order valence-electron chi connectivity index (χ4n) is 2.34. The maximum absolute atomic E-state index is 12.3. The summed E-state index contributed by atoms with van der Waals surface area (Å²) in [5, 5.41) is 3.45. The van der Waals surface area contributed by atoms with Crippen molar-refractivity contribution in [1.82, 2.24) is 15.1 Å². The Labute approximate surface area is 122 Å². The van der Waals surface area contributed by atoms with E-state index in [1.54, 1.807) is 4.90 Å². The molecule has 1 amide bonds. The fourth-order valence-corrected chi connectivity index (χ4v) is 2.60. The lowest BCUT2D eigenvalue weighted by Gasteiger charge is -2.33. The number of nitrogens with one attached hydrogen (secondary N) is 1. The van der Waals surface area contributed by atoms with Gasteiger partial charge in [-0.25, -0.2) is 0 Å². The van der Waals surface area contributed by atoms with Crippen molar-refractivity contribution in [2.75, 3.05) is 40.3 Å². The van der Waals surface area contributed by atoms with Crippen LogP contribution < -0.4 is 5.32 Å². The van der Waals surface area contributed by atoms with Crippen LogP contribution in [0, 0.1) is 0 Å². The number of carbonyl (C=O) groups is 1. The molecule has 5 heteroatoms. The molecular formula is C14H20BrN3O. The van der Waals surface area contributed by atoms with Crippen LogP contribution in [0.5, 0.6) is 0 Å². The Bertz CT molecular complexity index is 435. The minimum atomic E-state index is 0.0718. The third-order valence-electron chi connectivity index (χ3n) is 3.39. The predicted octanol–water partition coefficient (Wildman–Crippen LogP) is 1.42. The maximum Gasteiger partial charge on any atom is 0.253 e. The van der Waals surface area contributed by atoms with Crippen LogP contribution in [0.3, 0.4) is 0 Å². The molecular weight excluding hydrogens is 306 g/mol. The number of rotatable bonds is 3. The smallest absolute Gasteiger partial charge is 0.253 e. The van der Waals surface area contributed by atoms with Gasteiger partial charge in [-0.05, 0) is 31.3 Å². The van der Waals surface area contributed by atoms with Crippen molar-refractivity contribution in [2.45, 2.75) is 6.04 Å². The van der Waals surface area contributed by atoms with Crippen molar-refractivity contribution in [2.24, 2.45) is 0 Å². The van der Waals surface area contributed by atoms with Gasteiger partial charge in [-0.15, -0.1) is 0 Å². The van der Waals surface area contributed by atoms with E-state index >= 15 is 0 Å². The number of piperazine rings is 1. The zero-order valence-corrected chi connectivity index (χ0v) is 13.0. The van der Waals surface area contributed by atoms with E-state index in [9.17, 15) is 4.79 Å². The monoisotopic (exact) mass is 325 g/mol. The molecule has 1 atom stereocenters. The van der Waals surface area contributed by atoms with Gasteiger partial charge >= 0.3 is 0 Å². The lowest BCUT2D eigenvalue weighted by Crippen LogP contribution is -2.53. The zero-order chi connectivity index (χ0) is 13.8. The van der Waals surface area contributed by atoms with Crippen molar-refractivity contribution >= 4 is 21.8 Å². The summed E-state index contributed by atoms with van der Waals surface area (Å²) >= 11 is 3.38. The highest BCUT2D eigenvalue weighted by atomic mass is 79.9. The second-order valence-electron chi connectivity index (χ2n) is 5.11. The second-order valence-corrected chi connectivity index (χ2v) is 6.02. The molecule has 1 fully saturated rings. The summed E-state index contributed by atoms with van der Waals surface area (Å²) in [7, 11) is 3.98. The van der Waals surface area contributed by atoms with E-state index in [0.29, 0.717) is 6.04 Å². The molecule has 4 nitrogen and oxygen atoms in total. The van der Waals surface area contributed by atoms with Gasteiger partial charge in [-0.2, -0.15) is 0 Å². The SMILES string of the molecule is CN1CCNC(CN(C)C(=O)c2ccc(Br)cc2)C1. The average Bonchev–Trinajstić information content (AvgIpc) is 2.39. The summed E-state index contributed by atoms with van der Waals surface area (Å²) in [6.07, 6.45) is 0. The minimum absolute atomic E-state index is 0.0718. The quantitative estimate of drug-likeness (QED) is 0.913. The van der Waals surface area contributed by atoms with Gasteiger partial charge in [0, 0.05) is 49.3 Å². The highest BCUT2D eigenvalue weighted by Crippen LogP contribution is 2.12. The third kappa shape index (κ3) is 4.03. The molecule has 1 aromatic rings. The Balaban J connectivity index is 1.93. The van der Waals surface area contributed by atoms with E-state index in [4.69, 9.17) is 0 Å². The Morgan fingerprint density at radius 3 is 2.79 bits per heavy atom. The number of likely N-dealkylation sites (N-methyl/N-ethyl adjacent to an activating group) is 2. The molecule has 1 saturated heterocycles. The number of hydrogen-bond acceptors (Lipinski definition) is 3. The van der Waals surface area contributed by atoms with E-state index in [1.165, 1.54) is 0 Å². The van der Waals surface area contributed by atoms with Gasteiger partial charge in [0.1, 0.15) is 0 Å². The summed E-state index contributed by atoms with van der Waals surface area (Å²) in [6, 6.07) is 7.84. The van der Waals surface area contributed by atoms with E-state index in [2.05, 4.69) is 33.2 Å². The number of hydrogen-bond donors (Lipinski definition) is 1. The third-order valence-corrected chi connectivity index (χ3v) is 3.92. The number of benzene rings is 1. The first-order valence-electron chi connectivity index (χ1n) is 6.49. The second kappa shape index (κ2) is 6.50. The first-order valence-corrected chi connectivity index (χ1v) is 7.28. The molecule has 19 heavy (non-hydrogen) atoms. The molecule has 1 aliphatic heterocycles. The van der Waals surface area contributed by atoms with Crippen molar-refractivity contribution in [1.29, 1.82) is 0 Å². The number of carbonyl (C=O) groups excluding carboxylic acids is 1. The summed E-state index contributed by atoms with van der Waals surface area (Å²) in [5.41, 5.74) is 0.731. The van der Waals surface area contributed by atoms with Gasteiger partial charge in [0.2, 0.25) is 0 Å². The maximum atomic E-state index is 12.3. The summed E-state index contributed by atoms with van der Waals surface area (Å²) in [5.74, 6) is 0.0718. The van der Waals surface area contributed by atoms with E-state index in [0.717, 1.165) is 36.2 Å². The topological polar surface area (TPSA) is 35.6 Å². The van der Waals surface area contributed by atoms with Crippen LogP contribution in [0.2, 0.25) is 0 Å². The van der Waals surface area contributed by atoms with Gasteiger partial charge < -0.3 is 15.1 Å². The van der Waals surface area contributed by atoms with Crippen molar-refractivity contribution < 1.29 is 4.79 Å². The highest BCUT2D eigenvalue weighted by molar-refractivity contribution is 9.10. The lowest BCUT2D eigenvalue weighted by atomic mass is 10.1. The molecule has 1 unspecified atom stereocenters. The normalized spacial score (nSPS) is 20.3. The molecule has 1 aromatic carbocycles. The van der Waals surface area contributed by atoms with Gasteiger partial charge in [-0.1, -0.05) is 15.9 Å². The van der Waals surface area contributed by atoms with Gasteiger partial charge in [0.05, 0.1) is 0 Å². The van der Waals surface area contributed by atoms with E-state index < -0.39 is 0 Å². The Morgan fingerprint density at radius 2 is 2.16 bits per heavy atom. The summed E-state index contributed by atoms with van der Waals surface area (Å²) in [6.45, 7) is 3.78. The van der Waals surface area contributed by atoms with E-state index in [1.807, 2.05) is 31.3 Å². The van der Waals surface area contributed by atoms with Gasteiger partial charge in [-0.3, -0.25) is 4.79 Å². The van der Waals surface area contributed by atoms with Crippen molar-refractivity contribution in [3.8, 4) is 0 Å². The van der Waals surface area contributed by atoms with Crippen LogP contribution in [0.1, 0.15) is 10.4 Å². The van der Waals surface area contributed by atoms with Crippen LogP contribution in [0.4, 0.5) is 0 Å². The number of amides is 1. The zero-order valence-electron chi connectivity index (χ0n) is 11.4. The minimum Gasteiger partial charge on any atom is -0.340 e. The van der Waals surface area contributed by atoms with Crippen LogP contribution in [-0.2, 0) is 0 Å². The molecule has 2 rings (SSSR count). The standard InChI is InChI=1S/C14H20BrN3O/c1-17-8-7-16-13(9-17)10-18(2)14(19)11-3-5-12(15)6-4-11/h3-6,13,16H,7-10H2,1-2H3. The Kier molecular flexibility index (Phi) is 4.96. The molecule has 0 saturated carbocycles. The predicted molar refractivity (Wildman–Crippen MR) is 80.4 cm³/mol. The molecule has 0 bridgehead atoms. The summed E-state index contributed by atoms with van der Waals surface area (Å²) in [4.78, 5) is 16.4. The molecule has 1 N–H and O–H groups in total. The van der Waals surface area contributed by atoms with Gasteiger partial charge in [0.25, 0.3) is 5.91 Å². The molecule has 0 aromatic heterocycles. The first-order chi connectivity index (χ1) is 9.06. The largest absolute Gasteiger partial charge is 0.340 e. The van der Waals surface area contributed by atoms with Crippen LogP contribution >= 0.6 is 15.9 Å².